The molecule has 1 heterocycles. The summed E-state index contributed by atoms with van der Waals surface area (Å²) in [5, 5.41) is 16.4. The van der Waals surface area contributed by atoms with Crippen LogP contribution >= 0.6 is 0 Å². The van der Waals surface area contributed by atoms with Crippen molar-refractivity contribution in [2.75, 3.05) is 6.61 Å². The first-order valence-electron chi connectivity index (χ1n) is 3.92. The lowest BCUT2D eigenvalue weighted by molar-refractivity contribution is 0.259. The Hall–Kier alpha value is -0.940. The molecule has 0 fully saturated rings. The fourth-order valence-electron chi connectivity index (χ4n) is 0.997. The van der Waals surface area contributed by atoms with Crippen molar-refractivity contribution in [3.8, 4) is 0 Å². The third-order valence-corrected chi connectivity index (χ3v) is 1.69. The molecule has 3 N–H and O–H groups in total. The zero-order valence-electron chi connectivity index (χ0n) is 7.31. The summed E-state index contributed by atoms with van der Waals surface area (Å²) in [6.45, 7) is 3.92. The zero-order chi connectivity index (χ0) is 9.14. The first kappa shape index (κ1) is 9.15. The van der Waals surface area contributed by atoms with E-state index in [1.807, 2.05) is 18.4 Å². The van der Waals surface area contributed by atoms with Gasteiger partial charge in [-0.3, -0.25) is 0 Å². The molecule has 1 aromatic rings. The van der Waals surface area contributed by atoms with Gasteiger partial charge in [0.05, 0.1) is 12.6 Å². The van der Waals surface area contributed by atoms with Gasteiger partial charge in [-0.2, -0.15) is 0 Å². The maximum Gasteiger partial charge on any atom is 0.152 e. The SMILES string of the molecule is CC(C)n1cnnc1[C@H](N)CO. The summed E-state index contributed by atoms with van der Waals surface area (Å²) in [7, 11) is 0. The normalized spacial score (nSPS) is 13.8. The van der Waals surface area contributed by atoms with Crippen molar-refractivity contribution in [2.45, 2.75) is 25.9 Å². The summed E-state index contributed by atoms with van der Waals surface area (Å²) < 4.78 is 1.85. The average molecular weight is 170 g/mol. The predicted molar refractivity (Wildman–Crippen MR) is 44.4 cm³/mol. The smallest absolute Gasteiger partial charge is 0.152 e. The van der Waals surface area contributed by atoms with Crippen molar-refractivity contribution in [2.24, 2.45) is 5.73 Å². The van der Waals surface area contributed by atoms with E-state index in [2.05, 4.69) is 10.2 Å². The van der Waals surface area contributed by atoms with Gasteiger partial charge < -0.3 is 15.4 Å². The second kappa shape index (κ2) is 3.64. The van der Waals surface area contributed by atoms with Crippen molar-refractivity contribution in [1.82, 2.24) is 14.8 Å². The summed E-state index contributed by atoms with van der Waals surface area (Å²) in [5.41, 5.74) is 5.60. The molecule has 0 aliphatic rings. The quantitative estimate of drug-likeness (QED) is 0.661. The molecular formula is C7H14N4O. The molecule has 0 aliphatic heterocycles. The molecule has 12 heavy (non-hydrogen) atoms. The predicted octanol–water partition coefficient (Wildman–Crippen LogP) is -0.149. The molecule has 0 radical (unpaired) electrons. The molecule has 1 atom stereocenters. The molecule has 0 saturated heterocycles. The van der Waals surface area contributed by atoms with Crippen LogP contribution in [-0.4, -0.2) is 26.5 Å². The van der Waals surface area contributed by atoms with Gasteiger partial charge in [0.2, 0.25) is 0 Å². The number of aromatic nitrogens is 3. The fourth-order valence-corrected chi connectivity index (χ4v) is 0.997. The monoisotopic (exact) mass is 170 g/mol. The Morgan fingerprint density at radius 3 is 2.83 bits per heavy atom. The van der Waals surface area contributed by atoms with Crippen molar-refractivity contribution in [3.05, 3.63) is 12.2 Å². The second-order valence-corrected chi connectivity index (χ2v) is 2.98. The molecule has 0 spiro atoms. The lowest BCUT2D eigenvalue weighted by Gasteiger charge is -2.12. The topological polar surface area (TPSA) is 77.0 Å². The summed E-state index contributed by atoms with van der Waals surface area (Å²) >= 11 is 0. The van der Waals surface area contributed by atoms with Crippen LogP contribution in [0.5, 0.6) is 0 Å². The lowest BCUT2D eigenvalue weighted by Crippen LogP contribution is -2.20. The zero-order valence-corrected chi connectivity index (χ0v) is 7.31. The van der Waals surface area contributed by atoms with Crippen molar-refractivity contribution < 1.29 is 5.11 Å². The molecule has 0 saturated carbocycles. The summed E-state index contributed by atoms with van der Waals surface area (Å²) in [4.78, 5) is 0. The van der Waals surface area contributed by atoms with Gasteiger partial charge >= 0.3 is 0 Å². The van der Waals surface area contributed by atoms with E-state index in [4.69, 9.17) is 10.8 Å². The molecule has 0 unspecified atom stereocenters. The van der Waals surface area contributed by atoms with E-state index in [9.17, 15) is 0 Å². The highest BCUT2D eigenvalue weighted by Crippen LogP contribution is 2.11. The van der Waals surface area contributed by atoms with Gasteiger partial charge in [0.25, 0.3) is 0 Å². The summed E-state index contributed by atoms with van der Waals surface area (Å²) in [6, 6.07) is -0.164. The summed E-state index contributed by atoms with van der Waals surface area (Å²) in [5.74, 6) is 0.632. The van der Waals surface area contributed by atoms with Crippen LogP contribution in [0.15, 0.2) is 6.33 Å². The van der Waals surface area contributed by atoms with Gasteiger partial charge in [0.15, 0.2) is 5.82 Å². The number of nitrogens with zero attached hydrogens (tertiary/aromatic N) is 3. The number of hydrogen-bond acceptors (Lipinski definition) is 4. The number of nitrogens with two attached hydrogens (primary N) is 1. The minimum Gasteiger partial charge on any atom is -0.394 e. The highest BCUT2D eigenvalue weighted by Gasteiger charge is 2.13. The first-order chi connectivity index (χ1) is 5.66. The van der Waals surface area contributed by atoms with E-state index >= 15 is 0 Å². The van der Waals surface area contributed by atoms with E-state index in [1.54, 1.807) is 6.33 Å². The van der Waals surface area contributed by atoms with Crippen LogP contribution in [0.1, 0.15) is 31.8 Å². The molecule has 0 aliphatic carbocycles. The van der Waals surface area contributed by atoms with Crippen LogP contribution in [0.25, 0.3) is 0 Å². The van der Waals surface area contributed by atoms with Gasteiger partial charge in [-0.25, -0.2) is 0 Å². The number of rotatable bonds is 3. The molecule has 0 aromatic carbocycles. The Labute approximate surface area is 71.2 Å². The Morgan fingerprint density at radius 1 is 1.67 bits per heavy atom. The van der Waals surface area contributed by atoms with Crippen molar-refractivity contribution in [1.29, 1.82) is 0 Å². The van der Waals surface area contributed by atoms with Gasteiger partial charge in [0.1, 0.15) is 6.33 Å². The molecule has 5 nitrogen and oxygen atoms in total. The van der Waals surface area contributed by atoms with Crippen LogP contribution in [0.3, 0.4) is 0 Å². The standard InChI is InChI=1S/C7H14N4O/c1-5(2)11-4-9-10-7(11)6(8)3-12/h4-6,12H,3,8H2,1-2H3/t6-/m1/s1. The van der Waals surface area contributed by atoms with Crippen LogP contribution in [-0.2, 0) is 0 Å². The minimum absolute atomic E-state index is 0.106. The van der Waals surface area contributed by atoms with Crippen LogP contribution in [0.4, 0.5) is 0 Å². The van der Waals surface area contributed by atoms with Crippen molar-refractivity contribution in [3.63, 3.8) is 0 Å². The maximum atomic E-state index is 8.81. The Kier molecular flexibility index (Phi) is 2.78. The molecular weight excluding hydrogens is 156 g/mol. The first-order valence-corrected chi connectivity index (χ1v) is 3.92. The van der Waals surface area contributed by atoms with Gasteiger partial charge in [-0.15, -0.1) is 10.2 Å². The third-order valence-electron chi connectivity index (χ3n) is 1.69. The second-order valence-electron chi connectivity index (χ2n) is 2.98. The Morgan fingerprint density at radius 2 is 2.33 bits per heavy atom. The Bertz CT molecular complexity index is 245. The van der Waals surface area contributed by atoms with E-state index in [1.165, 1.54) is 0 Å². The molecule has 0 amide bonds. The number of hydrogen-bond donors (Lipinski definition) is 2. The fraction of sp³-hybridized carbons (Fsp3) is 0.714. The van der Waals surface area contributed by atoms with E-state index in [0.717, 1.165) is 0 Å². The minimum atomic E-state index is -0.435. The lowest BCUT2D eigenvalue weighted by atomic mass is 10.3. The van der Waals surface area contributed by atoms with E-state index in [-0.39, 0.29) is 12.6 Å². The highest BCUT2D eigenvalue weighted by atomic mass is 16.3. The van der Waals surface area contributed by atoms with Crippen LogP contribution < -0.4 is 5.73 Å². The van der Waals surface area contributed by atoms with Gasteiger partial charge in [-0.1, -0.05) is 0 Å². The number of aliphatic hydroxyl groups excluding tert-OH is 1. The van der Waals surface area contributed by atoms with Gasteiger partial charge in [0, 0.05) is 6.04 Å². The number of aliphatic hydroxyl groups is 1. The van der Waals surface area contributed by atoms with E-state index in [0.29, 0.717) is 5.82 Å². The molecule has 68 valence electrons. The third kappa shape index (κ3) is 1.62. The van der Waals surface area contributed by atoms with E-state index < -0.39 is 6.04 Å². The van der Waals surface area contributed by atoms with Crippen LogP contribution in [0.2, 0.25) is 0 Å². The average Bonchev–Trinajstić information content (AvgIpc) is 2.50. The molecule has 1 aromatic heterocycles. The van der Waals surface area contributed by atoms with Crippen LogP contribution in [0, 0.1) is 0 Å². The Balaban J connectivity index is 2.91. The van der Waals surface area contributed by atoms with Gasteiger partial charge in [-0.05, 0) is 13.8 Å². The summed E-state index contributed by atoms with van der Waals surface area (Å²) in [6.07, 6.45) is 1.62. The highest BCUT2D eigenvalue weighted by molar-refractivity contribution is 4.94. The maximum absolute atomic E-state index is 8.81. The molecule has 0 bridgehead atoms. The largest absolute Gasteiger partial charge is 0.394 e. The van der Waals surface area contributed by atoms with Crippen molar-refractivity contribution >= 4 is 0 Å². The molecule has 5 heteroatoms. The molecule has 1 rings (SSSR count).